The molecule has 0 spiro atoms. The Morgan fingerprint density at radius 2 is 2.05 bits per heavy atom. The molecule has 8 heteroatoms. The molecule has 2 aromatic rings. The summed E-state index contributed by atoms with van der Waals surface area (Å²) < 4.78 is 0. The van der Waals surface area contributed by atoms with Crippen LogP contribution in [0.25, 0.3) is 0 Å². The minimum Gasteiger partial charge on any atom is -0.502 e. The van der Waals surface area contributed by atoms with Crippen molar-refractivity contribution in [3.63, 3.8) is 0 Å². The lowest BCUT2D eigenvalue weighted by Crippen LogP contribution is -1.94. The smallest absolute Gasteiger partial charge is 0.335 e. The van der Waals surface area contributed by atoms with Crippen LogP contribution in [-0.4, -0.2) is 27.3 Å². The zero-order chi connectivity index (χ0) is 16.3. The fourth-order valence-electron chi connectivity index (χ4n) is 1.71. The number of phenolic OH excluding ortho intramolecular Hbond substituents is 1. The molecule has 0 aliphatic carbocycles. The summed E-state index contributed by atoms with van der Waals surface area (Å²) >= 11 is 5.76. The third-order valence-electron chi connectivity index (χ3n) is 2.73. The number of aliphatic imine (C=N–C) groups is 1. The second-order valence-corrected chi connectivity index (χ2v) is 4.67. The van der Waals surface area contributed by atoms with Crippen LogP contribution in [0.2, 0.25) is 5.02 Å². The molecule has 0 bridgehead atoms. The molecule has 0 aliphatic rings. The van der Waals surface area contributed by atoms with Gasteiger partial charge in [0.1, 0.15) is 0 Å². The van der Waals surface area contributed by atoms with Gasteiger partial charge in [-0.15, -0.1) is 0 Å². The van der Waals surface area contributed by atoms with Gasteiger partial charge in [0.2, 0.25) is 5.75 Å². The van der Waals surface area contributed by atoms with Crippen molar-refractivity contribution in [2.24, 2.45) is 4.99 Å². The largest absolute Gasteiger partial charge is 0.502 e. The molecular formula is C14H9ClN2O5. The van der Waals surface area contributed by atoms with Gasteiger partial charge in [-0.3, -0.25) is 15.1 Å². The summed E-state index contributed by atoms with van der Waals surface area (Å²) in [5.74, 6) is -1.66. The first kappa shape index (κ1) is 15.5. The third-order valence-corrected chi connectivity index (χ3v) is 2.94. The molecular weight excluding hydrogens is 312 g/mol. The quantitative estimate of drug-likeness (QED) is 0.509. The number of halogens is 1. The highest BCUT2D eigenvalue weighted by Gasteiger charge is 2.17. The predicted octanol–water partition coefficient (Wildman–Crippen LogP) is 3.40. The number of hydrogen-bond acceptors (Lipinski definition) is 5. The Kier molecular flexibility index (Phi) is 4.38. The number of nitro benzene ring substituents is 1. The summed E-state index contributed by atoms with van der Waals surface area (Å²) in [6.45, 7) is 0. The number of carbonyl (C=O) groups is 1. The molecule has 0 fully saturated rings. The van der Waals surface area contributed by atoms with Gasteiger partial charge in [-0.2, -0.15) is 0 Å². The topological polar surface area (TPSA) is 113 Å². The van der Waals surface area contributed by atoms with Crippen LogP contribution in [0.1, 0.15) is 15.9 Å². The van der Waals surface area contributed by atoms with Gasteiger partial charge in [0, 0.05) is 22.9 Å². The van der Waals surface area contributed by atoms with E-state index in [1.165, 1.54) is 30.5 Å². The van der Waals surface area contributed by atoms with Crippen LogP contribution in [0.3, 0.4) is 0 Å². The van der Waals surface area contributed by atoms with E-state index in [0.717, 1.165) is 6.07 Å². The monoisotopic (exact) mass is 320 g/mol. The highest BCUT2D eigenvalue weighted by Crippen LogP contribution is 2.32. The van der Waals surface area contributed by atoms with Crippen LogP contribution < -0.4 is 0 Å². The molecule has 0 heterocycles. The van der Waals surface area contributed by atoms with Gasteiger partial charge >= 0.3 is 11.7 Å². The van der Waals surface area contributed by atoms with Gasteiger partial charge in [-0.05, 0) is 24.3 Å². The average molecular weight is 321 g/mol. The molecule has 112 valence electrons. The van der Waals surface area contributed by atoms with Gasteiger partial charge in [0.05, 0.1) is 16.2 Å². The first-order valence-electron chi connectivity index (χ1n) is 5.93. The van der Waals surface area contributed by atoms with Crippen molar-refractivity contribution in [1.82, 2.24) is 0 Å². The first-order chi connectivity index (χ1) is 10.4. The summed E-state index contributed by atoms with van der Waals surface area (Å²) in [5.41, 5.74) is -0.106. The first-order valence-corrected chi connectivity index (χ1v) is 6.30. The molecule has 2 aromatic carbocycles. The van der Waals surface area contributed by atoms with E-state index in [-0.39, 0.29) is 16.1 Å². The van der Waals surface area contributed by atoms with Crippen LogP contribution in [-0.2, 0) is 0 Å². The Labute approximate surface area is 129 Å². The fourth-order valence-corrected chi connectivity index (χ4v) is 1.93. The number of nitrogens with zero attached hydrogens (tertiary/aromatic N) is 2. The molecule has 0 unspecified atom stereocenters. The Morgan fingerprint density at radius 3 is 2.68 bits per heavy atom. The Balaban J connectivity index is 2.40. The molecule has 0 aromatic heterocycles. The molecule has 0 saturated heterocycles. The molecule has 7 nitrogen and oxygen atoms in total. The van der Waals surface area contributed by atoms with E-state index >= 15 is 0 Å². The number of aromatic hydroxyl groups is 1. The zero-order valence-electron chi connectivity index (χ0n) is 10.9. The second kappa shape index (κ2) is 6.23. The van der Waals surface area contributed by atoms with Crippen molar-refractivity contribution in [1.29, 1.82) is 0 Å². The molecule has 0 radical (unpaired) electrons. The van der Waals surface area contributed by atoms with Crippen molar-refractivity contribution in [3.05, 3.63) is 62.7 Å². The lowest BCUT2D eigenvalue weighted by molar-refractivity contribution is -0.385. The van der Waals surface area contributed by atoms with Crippen molar-refractivity contribution in [2.75, 3.05) is 0 Å². The van der Waals surface area contributed by atoms with Gasteiger partial charge in [-0.1, -0.05) is 17.7 Å². The van der Waals surface area contributed by atoms with E-state index < -0.39 is 22.3 Å². The van der Waals surface area contributed by atoms with Gasteiger partial charge in [0.25, 0.3) is 0 Å². The van der Waals surface area contributed by atoms with E-state index in [2.05, 4.69) is 4.99 Å². The van der Waals surface area contributed by atoms with Crippen LogP contribution in [0.5, 0.6) is 5.75 Å². The summed E-state index contributed by atoms with van der Waals surface area (Å²) in [7, 11) is 0. The summed E-state index contributed by atoms with van der Waals surface area (Å²) in [5, 5.41) is 29.6. The van der Waals surface area contributed by atoms with Crippen molar-refractivity contribution in [2.45, 2.75) is 0 Å². The third kappa shape index (κ3) is 3.39. The molecule has 0 aliphatic heterocycles. The molecule has 22 heavy (non-hydrogen) atoms. The molecule has 2 N–H and O–H groups in total. The number of rotatable bonds is 4. The maximum absolute atomic E-state index is 10.9. The number of hydrogen-bond donors (Lipinski definition) is 2. The van der Waals surface area contributed by atoms with Crippen molar-refractivity contribution < 1.29 is 19.9 Å². The van der Waals surface area contributed by atoms with E-state index in [0.29, 0.717) is 5.69 Å². The highest BCUT2D eigenvalue weighted by atomic mass is 35.5. The van der Waals surface area contributed by atoms with Crippen LogP contribution >= 0.6 is 11.6 Å². The summed E-state index contributed by atoms with van der Waals surface area (Å²) in [6.07, 6.45) is 1.18. The SMILES string of the molecule is O=C(O)c1cccc(N=Cc2cc(Cl)cc([N+](=O)[O-])c2O)c1. The van der Waals surface area contributed by atoms with Crippen LogP contribution in [0.15, 0.2) is 41.4 Å². The number of aromatic carboxylic acids is 1. The van der Waals surface area contributed by atoms with E-state index in [1.54, 1.807) is 6.07 Å². The number of benzene rings is 2. The fraction of sp³-hybridized carbons (Fsp3) is 0. The Bertz CT molecular complexity index is 789. The van der Waals surface area contributed by atoms with E-state index in [4.69, 9.17) is 16.7 Å². The Hall–Kier alpha value is -2.93. The van der Waals surface area contributed by atoms with E-state index in [9.17, 15) is 20.0 Å². The number of phenols is 1. The minimum atomic E-state index is -1.10. The van der Waals surface area contributed by atoms with Crippen LogP contribution in [0, 0.1) is 10.1 Å². The lowest BCUT2D eigenvalue weighted by atomic mass is 10.2. The predicted molar refractivity (Wildman–Crippen MR) is 80.4 cm³/mol. The normalized spacial score (nSPS) is 10.8. The maximum Gasteiger partial charge on any atom is 0.335 e. The number of carboxylic acids is 1. The van der Waals surface area contributed by atoms with Crippen LogP contribution in [0.4, 0.5) is 11.4 Å². The highest BCUT2D eigenvalue weighted by molar-refractivity contribution is 6.31. The Morgan fingerprint density at radius 1 is 1.32 bits per heavy atom. The van der Waals surface area contributed by atoms with Gasteiger partial charge in [0.15, 0.2) is 0 Å². The minimum absolute atomic E-state index is 0.0518. The number of nitro groups is 1. The summed E-state index contributed by atoms with van der Waals surface area (Å²) in [6, 6.07) is 8.14. The van der Waals surface area contributed by atoms with Crippen molar-refractivity contribution in [3.8, 4) is 5.75 Å². The molecule has 0 saturated carbocycles. The van der Waals surface area contributed by atoms with Gasteiger partial charge in [-0.25, -0.2) is 4.79 Å². The number of carboxylic acid groups (broad SMARTS) is 1. The zero-order valence-corrected chi connectivity index (χ0v) is 11.7. The summed E-state index contributed by atoms with van der Waals surface area (Å²) in [4.78, 5) is 24.9. The molecule has 2 rings (SSSR count). The average Bonchev–Trinajstić information content (AvgIpc) is 2.47. The molecule has 0 atom stereocenters. The maximum atomic E-state index is 10.9. The van der Waals surface area contributed by atoms with E-state index in [1.807, 2.05) is 0 Å². The second-order valence-electron chi connectivity index (χ2n) is 4.23. The van der Waals surface area contributed by atoms with Crippen molar-refractivity contribution >= 4 is 35.2 Å². The standard InChI is InChI=1S/C14H9ClN2O5/c15-10-4-9(13(18)12(6-10)17(21)22)7-16-11-3-1-2-8(5-11)14(19)20/h1-7,18H,(H,19,20). The molecule has 0 amide bonds. The lowest BCUT2D eigenvalue weighted by Gasteiger charge is -2.02. The van der Waals surface area contributed by atoms with Gasteiger partial charge < -0.3 is 10.2 Å².